The third-order valence-electron chi connectivity index (χ3n) is 3.40. The summed E-state index contributed by atoms with van der Waals surface area (Å²) in [7, 11) is 0. The zero-order valence-electron chi connectivity index (χ0n) is 8.00. The van der Waals surface area contributed by atoms with Crippen molar-refractivity contribution in [2.75, 3.05) is 6.54 Å². The van der Waals surface area contributed by atoms with Gasteiger partial charge in [-0.15, -0.1) is 0 Å². The molecule has 0 unspecified atom stereocenters. The summed E-state index contributed by atoms with van der Waals surface area (Å²) in [6, 6.07) is 2.16. The van der Waals surface area contributed by atoms with E-state index in [0.29, 0.717) is 6.04 Å². The lowest BCUT2D eigenvalue weighted by Crippen LogP contribution is -2.47. The van der Waals surface area contributed by atoms with Gasteiger partial charge in [0.05, 0.1) is 0 Å². The monoisotopic (exact) mass is 168 g/mol. The molecule has 2 heteroatoms. The molecule has 2 saturated heterocycles. The maximum absolute atomic E-state index is 5.99. The van der Waals surface area contributed by atoms with E-state index in [1.165, 1.54) is 38.6 Å². The van der Waals surface area contributed by atoms with Crippen LogP contribution in [0.1, 0.15) is 39.0 Å². The fraction of sp³-hybridized carbons (Fsp3) is 1.00. The van der Waals surface area contributed by atoms with Crippen LogP contribution in [0.5, 0.6) is 0 Å². The van der Waals surface area contributed by atoms with Crippen molar-refractivity contribution in [2.45, 2.75) is 57.2 Å². The number of nitrogens with two attached hydrogens (primary N) is 1. The quantitative estimate of drug-likeness (QED) is 0.674. The van der Waals surface area contributed by atoms with E-state index in [2.05, 4.69) is 11.8 Å². The fourth-order valence-corrected chi connectivity index (χ4v) is 2.94. The van der Waals surface area contributed by atoms with Crippen molar-refractivity contribution < 1.29 is 0 Å². The van der Waals surface area contributed by atoms with Crippen molar-refractivity contribution in [1.82, 2.24) is 4.90 Å². The minimum absolute atomic E-state index is 0.496. The SMILES string of the molecule is CCCN1[C@H]2CC[C@H]1CC(N)C2. The van der Waals surface area contributed by atoms with Crippen LogP contribution < -0.4 is 5.73 Å². The average Bonchev–Trinajstić information content (AvgIpc) is 2.32. The van der Waals surface area contributed by atoms with Gasteiger partial charge in [-0.1, -0.05) is 6.92 Å². The molecule has 12 heavy (non-hydrogen) atoms. The van der Waals surface area contributed by atoms with E-state index in [9.17, 15) is 0 Å². The first-order valence-corrected chi connectivity index (χ1v) is 5.32. The molecule has 0 aliphatic carbocycles. The molecular formula is C10H20N2. The number of hydrogen-bond donors (Lipinski definition) is 1. The Morgan fingerprint density at radius 3 is 2.33 bits per heavy atom. The molecule has 2 atom stereocenters. The summed E-state index contributed by atoms with van der Waals surface area (Å²) >= 11 is 0. The van der Waals surface area contributed by atoms with Gasteiger partial charge in [-0.2, -0.15) is 0 Å². The Balaban J connectivity index is 1.99. The first-order chi connectivity index (χ1) is 5.81. The zero-order valence-corrected chi connectivity index (χ0v) is 8.00. The van der Waals surface area contributed by atoms with Crippen LogP contribution in [-0.2, 0) is 0 Å². The zero-order chi connectivity index (χ0) is 8.55. The maximum atomic E-state index is 5.99. The van der Waals surface area contributed by atoms with E-state index >= 15 is 0 Å². The molecule has 2 rings (SSSR count). The van der Waals surface area contributed by atoms with Gasteiger partial charge in [-0.25, -0.2) is 0 Å². The Hall–Kier alpha value is -0.0800. The van der Waals surface area contributed by atoms with Gasteiger partial charge in [-0.3, -0.25) is 4.90 Å². The molecule has 0 amide bonds. The van der Waals surface area contributed by atoms with Gasteiger partial charge < -0.3 is 5.73 Å². The second-order valence-electron chi connectivity index (χ2n) is 4.35. The third kappa shape index (κ3) is 1.38. The normalized spacial score (nSPS) is 42.0. The Labute approximate surface area is 75.1 Å². The van der Waals surface area contributed by atoms with Gasteiger partial charge in [0.25, 0.3) is 0 Å². The van der Waals surface area contributed by atoms with E-state index < -0.39 is 0 Å². The van der Waals surface area contributed by atoms with Gasteiger partial charge in [0.1, 0.15) is 0 Å². The molecule has 2 N–H and O–H groups in total. The molecule has 2 nitrogen and oxygen atoms in total. The Kier molecular flexibility index (Phi) is 2.37. The second kappa shape index (κ2) is 3.35. The van der Waals surface area contributed by atoms with Crippen molar-refractivity contribution in [3.63, 3.8) is 0 Å². The van der Waals surface area contributed by atoms with E-state index in [1.807, 2.05) is 0 Å². The van der Waals surface area contributed by atoms with E-state index in [0.717, 1.165) is 12.1 Å². The summed E-state index contributed by atoms with van der Waals surface area (Å²) in [5, 5.41) is 0. The van der Waals surface area contributed by atoms with Crippen molar-refractivity contribution in [2.24, 2.45) is 5.73 Å². The summed E-state index contributed by atoms with van der Waals surface area (Å²) in [4.78, 5) is 2.70. The Morgan fingerprint density at radius 2 is 1.83 bits per heavy atom. The first kappa shape index (κ1) is 8.52. The lowest BCUT2D eigenvalue weighted by molar-refractivity contribution is 0.128. The highest BCUT2D eigenvalue weighted by Gasteiger charge is 2.38. The highest BCUT2D eigenvalue weighted by molar-refractivity contribution is 4.96. The minimum atomic E-state index is 0.496. The topological polar surface area (TPSA) is 29.3 Å². The van der Waals surface area contributed by atoms with Crippen LogP contribution in [0.2, 0.25) is 0 Å². The van der Waals surface area contributed by atoms with Crippen molar-refractivity contribution in [3.05, 3.63) is 0 Å². The van der Waals surface area contributed by atoms with Gasteiger partial charge in [0, 0.05) is 18.1 Å². The van der Waals surface area contributed by atoms with Gasteiger partial charge in [0.15, 0.2) is 0 Å². The van der Waals surface area contributed by atoms with Crippen molar-refractivity contribution in [1.29, 1.82) is 0 Å². The number of piperidine rings is 1. The van der Waals surface area contributed by atoms with Crippen molar-refractivity contribution in [3.8, 4) is 0 Å². The molecule has 2 bridgehead atoms. The average molecular weight is 168 g/mol. The minimum Gasteiger partial charge on any atom is -0.328 e. The smallest absolute Gasteiger partial charge is 0.0113 e. The summed E-state index contributed by atoms with van der Waals surface area (Å²) in [5.74, 6) is 0. The Bertz CT molecular complexity index is 144. The lowest BCUT2D eigenvalue weighted by Gasteiger charge is -2.37. The van der Waals surface area contributed by atoms with Gasteiger partial charge in [-0.05, 0) is 38.6 Å². The maximum Gasteiger partial charge on any atom is 0.0113 e. The van der Waals surface area contributed by atoms with Crippen LogP contribution >= 0.6 is 0 Å². The molecule has 0 aromatic heterocycles. The molecule has 70 valence electrons. The molecular weight excluding hydrogens is 148 g/mol. The highest BCUT2D eigenvalue weighted by atomic mass is 15.2. The number of nitrogens with zero attached hydrogens (tertiary/aromatic N) is 1. The standard InChI is InChI=1S/C10H20N2/c1-2-5-12-9-3-4-10(12)7-8(11)6-9/h8-10H,2-7,11H2,1H3/t9-,10-/m0/s1. The summed E-state index contributed by atoms with van der Waals surface area (Å²) in [6.45, 7) is 3.57. The molecule has 2 aliphatic heterocycles. The highest BCUT2D eigenvalue weighted by Crippen LogP contribution is 2.34. The largest absolute Gasteiger partial charge is 0.328 e. The molecule has 0 aromatic rings. The van der Waals surface area contributed by atoms with Crippen LogP contribution in [0.3, 0.4) is 0 Å². The van der Waals surface area contributed by atoms with Crippen LogP contribution in [0.4, 0.5) is 0 Å². The predicted octanol–water partition coefficient (Wildman–Crippen LogP) is 1.35. The molecule has 2 aliphatic rings. The van der Waals surface area contributed by atoms with Gasteiger partial charge in [0.2, 0.25) is 0 Å². The molecule has 0 radical (unpaired) electrons. The third-order valence-corrected chi connectivity index (χ3v) is 3.40. The van der Waals surface area contributed by atoms with E-state index in [4.69, 9.17) is 5.73 Å². The molecule has 0 aromatic carbocycles. The fourth-order valence-electron chi connectivity index (χ4n) is 2.94. The number of fused-ring (bicyclic) bond motifs is 2. The van der Waals surface area contributed by atoms with Crippen LogP contribution in [-0.4, -0.2) is 29.6 Å². The number of rotatable bonds is 2. The van der Waals surface area contributed by atoms with Gasteiger partial charge >= 0.3 is 0 Å². The molecule has 0 spiro atoms. The number of hydrogen-bond acceptors (Lipinski definition) is 2. The molecule has 2 fully saturated rings. The van der Waals surface area contributed by atoms with Crippen LogP contribution in [0.15, 0.2) is 0 Å². The van der Waals surface area contributed by atoms with Crippen LogP contribution in [0.25, 0.3) is 0 Å². The Morgan fingerprint density at radius 1 is 1.25 bits per heavy atom. The second-order valence-corrected chi connectivity index (χ2v) is 4.35. The lowest BCUT2D eigenvalue weighted by atomic mass is 9.98. The van der Waals surface area contributed by atoms with E-state index in [1.54, 1.807) is 0 Å². The van der Waals surface area contributed by atoms with E-state index in [-0.39, 0.29) is 0 Å². The summed E-state index contributed by atoms with van der Waals surface area (Å²) < 4.78 is 0. The molecule has 2 heterocycles. The van der Waals surface area contributed by atoms with Crippen molar-refractivity contribution >= 4 is 0 Å². The first-order valence-electron chi connectivity index (χ1n) is 5.32. The molecule has 0 saturated carbocycles. The summed E-state index contributed by atoms with van der Waals surface area (Å²) in [6.07, 6.45) is 6.59. The summed E-state index contributed by atoms with van der Waals surface area (Å²) in [5.41, 5.74) is 5.99. The van der Waals surface area contributed by atoms with Crippen LogP contribution in [0, 0.1) is 0 Å². The predicted molar refractivity (Wildman–Crippen MR) is 51.0 cm³/mol.